The van der Waals surface area contributed by atoms with Gasteiger partial charge in [-0.3, -0.25) is 9.59 Å². The molecule has 6 heteroatoms. The Bertz CT molecular complexity index is 1010. The van der Waals surface area contributed by atoms with Gasteiger partial charge in [-0.1, -0.05) is 6.07 Å². The molecule has 1 atom stereocenters. The summed E-state index contributed by atoms with van der Waals surface area (Å²) in [5.74, 6) is 0.0613. The number of aryl methyl sites for hydroxylation is 1. The average Bonchev–Trinajstić information content (AvgIpc) is 3.31. The lowest BCUT2D eigenvalue weighted by Crippen LogP contribution is -2.51. The number of amides is 2. The van der Waals surface area contributed by atoms with E-state index in [0.29, 0.717) is 12.3 Å². The highest BCUT2D eigenvalue weighted by molar-refractivity contribution is 7.15. The molecule has 5 nitrogen and oxygen atoms in total. The predicted octanol–water partition coefficient (Wildman–Crippen LogP) is 4.72. The first-order chi connectivity index (χ1) is 13.0. The van der Waals surface area contributed by atoms with Gasteiger partial charge in [-0.05, 0) is 55.8 Å². The van der Waals surface area contributed by atoms with Gasteiger partial charge in [0, 0.05) is 23.2 Å². The van der Waals surface area contributed by atoms with Gasteiger partial charge >= 0.3 is 0 Å². The van der Waals surface area contributed by atoms with Crippen LogP contribution in [0.5, 0.6) is 0 Å². The molecule has 1 aliphatic heterocycles. The lowest BCUT2D eigenvalue weighted by Gasteiger charge is -2.40. The summed E-state index contributed by atoms with van der Waals surface area (Å²) in [4.78, 5) is 31.1. The van der Waals surface area contributed by atoms with Crippen molar-refractivity contribution in [3.8, 4) is 10.4 Å². The fourth-order valence-electron chi connectivity index (χ4n) is 3.57. The molecule has 1 aliphatic rings. The molecule has 1 aromatic carbocycles. The van der Waals surface area contributed by atoms with Crippen molar-refractivity contribution in [3.63, 3.8) is 0 Å². The van der Waals surface area contributed by atoms with Crippen LogP contribution in [0.25, 0.3) is 10.4 Å². The Hall–Kier alpha value is -2.86. The lowest BCUT2D eigenvalue weighted by atomic mass is 10.0. The zero-order valence-corrected chi connectivity index (χ0v) is 16.2. The molecule has 0 bridgehead atoms. The SMILES string of the molecule is CC(=O)N1c2ccc(-c3ccc(C)s3)cc2N(C(=O)c2ccco2)C[C@@H]1C. The molecule has 0 N–H and O–H groups in total. The van der Waals surface area contributed by atoms with Crippen LogP contribution in [0.2, 0.25) is 0 Å². The van der Waals surface area contributed by atoms with Crippen LogP contribution >= 0.6 is 11.3 Å². The number of thiophene rings is 1. The molecule has 3 aromatic rings. The molecule has 138 valence electrons. The van der Waals surface area contributed by atoms with Gasteiger partial charge in [-0.25, -0.2) is 0 Å². The molecule has 2 amide bonds. The van der Waals surface area contributed by atoms with Crippen LogP contribution in [0.3, 0.4) is 0 Å². The normalized spacial score (nSPS) is 16.3. The smallest absolute Gasteiger partial charge is 0.294 e. The molecule has 0 spiro atoms. The number of carbonyl (C=O) groups excluding carboxylic acids is 2. The zero-order valence-electron chi connectivity index (χ0n) is 15.4. The second kappa shape index (κ2) is 6.70. The number of hydrogen-bond donors (Lipinski definition) is 0. The summed E-state index contributed by atoms with van der Waals surface area (Å²) in [6, 6.07) is 13.3. The number of furan rings is 1. The maximum Gasteiger partial charge on any atom is 0.294 e. The third kappa shape index (κ3) is 3.06. The van der Waals surface area contributed by atoms with Crippen molar-refractivity contribution in [3.05, 3.63) is 59.4 Å². The molecule has 3 heterocycles. The fourth-order valence-corrected chi connectivity index (χ4v) is 4.44. The molecule has 0 saturated carbocycles. The van der Waals surface area contributed by atoms with Crippen molar-refractivity contribution in [1.29, 1.82) is 0 Å². The first-order valence-corrected chi connectivity index (χ1v) is 9.63. The van der Waals surface area contributed by atoms with Gasteiger partial charge in [-0.15, -0.1) is 11.3 Å². The molecule has 0 aliphatic carbocycles. The highest BCUT2D eigenvalue weighted by Crippen LogP contribution is 2.40. The van der Waals surface area contributed by atoms with Crippen LogP contribution in [0, 0.1) is 6.92 Å². The zero-order chi connectivity index (χ0) is 19.1. The van der Waals surface area contributed by atoms with Gasteiger partial charge in [0.2, 0.25) is 5.91 Å². The second-order valence-corrected chi connectivity index (χ2v) is 8.03. The molecule has 0 unspecified atom stereocenters. The monoisotopic (exact) mass is 380 g/mol. The van der Waals surface area contributed by atoms with Gasteiger partial charge < -0.3 is 14.2 Å². The summed E-state index contributed by atoms with van der Waals surface area (Å²) >= 11 is 1.70. The van der Waals surface area contributed by atoms with Crippen LogP contribution in [0.15, 0.2) is 53.1 Å². The van der Waals surface area contributed by atoms with E-state index in [4.69, 9.17) is 4.42 Å². The molecule has 4 rings (SSSR count). The van der Waals surface area contributed by atoms with E-state index in [0.717, 1.165) is 21.8 Å². The van der Waals surface area contributed by atoms with Crippen LogP contribution in [0.4, 0.5) is 11.4 Å². The van der Waals surface area contributed by atoms with Crippen molar-refractivity contribution < 1.29 is 14.0 Å². The summed E-state index contributed by atoms with van der Waals surface area (Å²) in [5, 5.41) is 0. The van der Waals surface area contributed by atoms with Gasteiger partial charge in [0.05, 0.1) is 23.7 Å². The number of carbonyl (C=O) groups is 2. The van der Waals surface area contributed by atoms with E-state index in [-0.39, 0.29) is 17.9 Å². The maximum atomic E-state index is 13.0. The van der Waals surface area contributed by atoms with E-state index < -0.39 is 0 Å². The van der Waals surface area contributed by atoms with E-state index in [9.17, 15) is 9.59 Å². The minimum absolute atomic E-state index is 0.0337. The number of anilines is 2. The third-order valence-corrected chi connectivity index (χ3v) is 5.80. The molecule has 0 radical (unpaired) electrons. The number of fused-ring (bicyclic) bond motifs is 1. The highest BCUT2D eigenvalue weighted by Gasteiger charge is 2.35. The largest absolute Gasteiger partial charge is 0.459 e. The van der Waals surface area contributed by atoms with E-state index >= 15 is 0 Å². The van der Waals surface area contributed by atoms with Gasteiger partial charge in [-0.2, -0.15) is 0 Å². The molecular formula is C21H20N2O3S. The Labute approximate surface area is 161 Å². The van der Waals surface area contributed by atoms with E-state index in [1.165, 1.54) is 11.1 Å². The topological polar surface area (TPSA) is 53.8 Å². The van der Waals surface area contributed by atoms with E-state index in [1.54, 1.807) is 40.2 Å². The summed E-state index contributed by atoms with van der Waals surface area (Å²) in [7, 11) is 0. The summed E-state index contributed by atoms with van der Waals surface area (Å²) in [5.41, 5.74) is 2.51. The van der Waals surface area contributed by atoms with Crippen LogP contribution in [-0.4, -0.2) is 24.4 Å². The van der Waals surface area contributed by atoms with E-state index in [1.807, 2.05) is 25.1 Å². The Morgan fingerprint density at radius 1 is 1.15 bits per heavy atom. The molecule has 27 heavy (non-hydrogen) atoms. The predicted molar refractivity (Wildman–Crippen MR) is 107 cm³/mol. The Morgan fingerprint density at radius 3 is 2.59 bits per heavy atom. The molecule has 0 fully saturated rings. The third-order valence-electron chi connectivity index (χ3n) is 4.75. The molecule has 0 saturated heterocycles. The lowest BCUT2D eigenvalue weighted by molar-refractivity contribution is -0.117. The molecule has 2 aromatic heterocycles. The van der Waals surface area contributed by atoms with Crippen molar-refractivity contribution in [2.24, 2.45) is 0 Å². The first kappa shape index (κ1) is 17.5. The number of rotatable bonds is 2. The summed E-state index contributed by atoms with van der Waals surface area (Å²) in [6.45, 7) is 5.99. The van der Waals surface area contributed by atoms with Crippen molar-refractivity contribution in [2.45, 2.75) is 26.8 Å². The average molecular weight is 380 g/mol. The van der Waals surface area contributed by atoms with Crippen LogP contribution < -0.4 is 9.80 Å². The maximum absolute atomic E-state index is 13.0. The number of nitrogens with zero attached hydrogens (tertiary/aromatic N) is 2. The summed E-state index contributed by atoms with van der Waals surface area (Å²) in [6.07, 6.45) is 1.49. The van der Waals surface area contributed by atoms with Crippen molar-refractivity contribution in [2.75, 3.05) is 16.3 Å². The van der Waals surface area contributed by atoms with Crippen molar-refractivity contribution >= 4 is 34.5 Å². The van der Waals surface area contributed by atoms with E-state index in [2.05, 4.69) is 19.1 Å². The van der Waals surface area contributed by atoms with Gasteiger partial charge in [0.1, 0.15) is 0 Å². The van der Waals surface area contributed by atoms with Gasteiger partial charge in [0.15, 0.2) is 5.76 Å². The minimum Gasteiger partial charge on any atom is -0.459 e. The van der Waals surface area contributed by atoms with Crippen LogP contribution in [-0.2, 0) is 4.79 Å². The fraction of sp³-hybridized carbons (Fsp3) is 0.238. The van der Waals surface area contributed by atoms with Crippen LogP contribution in [0.1, 0.15) is 29.3 Å². The summed E-state index contributed by atoms with van der Waals surface area (Å²) < 4.78 is 5.32. The standard InChI is InChI=1S/C21H20N2O3S/c1-13-12-22(21(25)19-5-4-10-26-19)18-11-16(20-9-6-14(2)27-20)7-8-17(18)23(13)15(3)24/h4-11,13H,12H2,1-3H3/t13-/m0/s1. The second-order valence-electron chi connectivity index (χ2n) is 6.74. The Balaban J connectivity index is 1.85. The molecular weight excluding hydrogens is 360 g/mol. The Kier molecular flexibility index (Phi) is 4.36. The highest BCUT2D eigenvalue weighted by atomic mass is 32.1. The number of benzene rings is 1. The Morgan fingerprint density at radius 2 is 1.96 bits per heavy atom. The first-order valence-electron chi connectivity index (χ1n) is 8.81. The van der Waals surface area contributed by atoms with Crippen molar-refractivity contribution in [1.82, 2.24) is 0 Å². The van der Waals surface area contributed by atoms with Gasteiger partial charge in [0.25, 0.3) is 5.91 Å². The minimum atomic E-state index is -0.198. The number of hydrogen-bond acceptors (Lipinski definition) is 4. The quantitative estimate of drug-likeness (QED) is 0.646.